The Labute approximate surface area is 53.8 Å². The Morgan fingerprint density at radius 2 is 1.50 bits per heavy atom. The molecule has 0 aromatic rings. The minimum Gasteiger partial charge on any atom is -0.663 e. The van der Waals surface area contributed by atoms with Crippen molar-refractivity contribution < 1.29 is 21.1 Å². The van der Waals surface area contributed by atoms with E-state index in [1.165, 1.54) is 0 Å². The molecule has 2 heteroatoms. The zero-order valence-corrected chi connectivity index (χ0v) is 7.20. The van der Waals surface area contributed by atoms with Gasteiger partial charge in [-0.1, -0.05) is 13.8 Å². The van der Waals surface area contributed by atoms with Gasteiger partial charge in [-0.2, -0.15) is 13.1 Å². The maximum absolute atomic E-state index is 3.97. The first kappa shape index (κ1) is 9.82. The van der Waals surface area contributed by atoms with Crippen LogP contribution in [0.3, 0.4) is 0 Å². The molecule has 0 fully saturated rings. The summed E-state index contributed by atoms with van der Waals surface area (Å²) in [7, 11) is 0. The quantitative estimate of drug-likeness (QED) is 0.709. The summed E-state index contributed by atoms with van der Waals surface area (Å²) >= 11 is 0. The standard InChI is InChI=1S/C4H10N.W/c1-3-5-4-2;/h3-4H2,1-2H3;/q-1;. The second-order valence-corrected chi connectivity index (χ2v) is 0.856. The van der Waals surface area contributed by atoms with Crippen LogP contribution in [0.1, 0.15) is 13.8 Å². The molecule has 0 aliphatic rings. The van der Waals surface area contributed by atoms with Crippen LogP contribution in [0.25, 0.3) is 5.32 Å². The van der Waals surface area contributed by atoms with Crippen LogP contribution in [0.15, 0.2) is 0 Å². The van der Waals surface area contributed by atoms with Gasteiger partial charge in [0.2, 0.25) is 0 Å². The van der Waals surface area contributed by atoms with Crippen LogP contribution in [0, 0.1) is 0 Å². The van der Waals surface area contributed by atoms with Gasteiger partial charge in [0.15, 0.2) is 0 Å². The fourth-order valence-corrected chi connectivity index (χ4v) is 0.224. The van der Waals surface area contributed by atoms with Gasteiger partial charge in [-0.25, -0.2) is 0 Å². The van der Waals surface area contributed by atoms with Gasteiger partial charge in [0.05, 0.1) is 0 Å². The van der Waals surface area contributed by atoms with Crippen LogP contribution in [-0.2, 0) is 21.1 Å². The number of nitrogens with zero attached hydrogens (tertiary/aromatic N) is 1. The van der Waals surface area contributed by atoms with Crippen molar-refractivity contribution in [2.75, 3.05) is 13.1 Å². The Bertz CT molecular complexity index is 15.0. The van der Waals surface area contributed by atoms with Crippen molar-refractivity contribution >= 4 is 0 Å². The van der Waals surface area contributed by atoms with Gasteiger partial charge in [-0.05, 0) is 0 Å². The van der Waals surface area contributed by atoms with Gasteiger partial charge in [-0.3, -0.25) is 0 Å². The van der Waals surface area contributed by atoms with E-state index >= 15 is 0 Å². The van der Waals surface area contributed by atoms with Crippen LogP contribution in [0.2, 0.25) is 0 Å². The van der Waals surface area contributed by atoms with E-state index in [2.05, 4.69) is 5.32 Å². The molecular formula is C4H10NW-. The molecule has 0 N–H and O–H groups in total. The van der Waals surface area contributed by atoms with E-state index in [0.717, 1.165) is 13.1 Å². The van der Waals surface area contributed by atoms with Crippen molar-refractivity contribution in [2.24, 2.45) is 0 Å². The second kappa shape index (κ2) is 9.17. The molecule has 6 heavy (non-hydrogen) atoms. The average Bonchev–Trinajstić information content (AvgIpc) is 1.41. The molecule has 1 nitrogen and oxygen atoms in total. The molecule has 0 radical (unpaired) electrons. The largest absolute Gasteiger partial charge is 0.663 e. The first-order chi connectivity index (χ1) is 2.41. The molecule has 0 spiro atoms. The van der Waals surface area contributed by atoms with Gasteiger partial charge in [-0.15, -0.1) is 0 Å². The van der Waals surface area contributed by atoms with E-state index in [4.69, 9.17) is 0 Å². The summed E-state index contributed by atoms with van der Waals surface area (Å²) in [5.74, 6) is 0. The Balaban J connectivity index is 0. The zero-order valence-electron chi connectivity index (χ0n) is 4.27. The van der Waals surface area contributed by atoms with Crippen molar-refractivity contribution in [3.05, 3.63) is 5.32 Å². The Morgan fingerprint density at radius 1 is 1.17 bits per heavy atom. The molecule has 0 unspecified atom stereocenters. The zero-order chi connectivity index (χ0) is 4.12. The van der Waals surface area contributed by atoms with E-state index in [-0.39, 0.29) is 21.1 Å². The van der Waals surface area contributed by atoms with E-state index in [0.29, 0.717) is 0 Å². The summed E-state index contributed by atoms with van der Waals surface area (Å²) in [6.07, 6.45) is 0. The molecule has 0 saturated heterocycles. The van der Waals surface area contributed by atoms with Crippen molar-refractivity contribution in [1.29, 1.82) is 0 Å². The maximum atomic E-state index is 3.97. The summed E-state index contributed by atoms with van der Waals surface area (Å²) in [6, 6.07) is 0. The molecule has 0 aromatic heterocycles. The Kier molecular flexibility index (Phi) is 15.0. The van der Waals surface area contributed by atoms with Crippen LogP contribution in [-0.4, -0.2) is 13.1 Å². The third-order valence-electron chi connectivity index (χ3n) is 0.447. The number of hydrogen-bond donors (Lipinski definition) is 0. The topological polar surface area (TPSA) is 14.1 Å². The maximum Gasteiger partial charge on any atom is 0 e. The Morgan fingerprint density at radius 3 is 1.50 bits per heavy atom. The van der Waals surface area contributed by atoms with Crippen molar-refractivity contribution in [2.45, 2.75) is 13.8 Å². The molecule has 0 aromatic carbocycles. The minimum absolute atomic E-state index is 0. The predicted molar refractivity (Wildman–Crippen MR) is 24.4 cm³/mol. The first-order valence-corrected chi connectivity index (χ1v) is 2.05. The first-order valence-electron chi connectivity index (χ1n) is 2.05. The summed E-state index contributed by atoms with van der Waals surface area (Å²) in [5, 5.41) is 3.97. The average molecular weight is 256 g/mol. The monoisotopic (exact) mass is 256 g/mol. The fraction of sp³-hybridized carbons (Fsp3) is 1.00. The molecule has 0 atom stereocenters. The number of rotatable bonds is 2. The summed E-state index contributed by atoms with van der Waals surface area (Å²) in [5.41, 5.74) is 0. The van der Waals surface area contributed by atoms with Crippen LogP contribution >= 0.6 is 0 Å². The molecular weight excluding hydrogens is 246 g/mol. The second-order valence-electron chi connectivity index (χ2n) is 0.856. The third kappa shape index (κ3) is 8.82. The van der Waals surface area contributed by atoms with Gasteiger partial charge < -0.3 is 5.32 Å². The third-order valence-corrected chi connectivity index (χ3v) is 0.447. The molecule has 0 heterocycles. The van der Waals surface area contributed by atoms with Crippen molar-refractivity contribution in [3.8, 4) is 0 Å². The Hall–Kier alpha value is 0.648. The van der Waals surface area contributed by atoms with E-state index < -0.39 is 0 Å². The van der Waals surface area contributed by atoms with Crippen LogP contribution in [0.4, 0.5) is 0 Å². The van der Waals surface area contributed by atoms with Crippen molar-refractivity contribution in [3.63, 3.8) is 0 Å². The molecule has 0 aliphatic carbocycles. The normalized spacial score (nSPS) is 7.00. The molecule has 38 valence electrons. The molecule has 0 aliphatic heterocycles. The number of hydrogen-bond acceptors (Lipinski definition) is 0. The van der Waals surface area contributed by atoms with Gasteiger partial charge >= 0.3 is 0 Å². The van der Waals surface area contributed by atoms with E-state index in [9.17, 15) is 0 Å². The molecule has 0 bridgehead atoms. The van der Waals surface area contributed by atoms with Crippen molar-refractivity contribution in [1.82, 2.24) is 0 Å². The minimum atomic E-state index is 0. The predicted octanol–water partition coefficient (Wildman–Crippen LogP) is 1.40. The van der Waals surface area contributed by atoms with E-state index in [1.54, 1.807) is 0 Å². The SMILES string of the molecule is CC[N-]CC.[W]. The summed E-state index contributed by atoms with van der Waals surface area (Å²) in [6.45, 7) is 6.03. The molecule has 0 rings (SSSR count). The van der Waals surface area contributed by atoms with Crippen LogP contribution in [0.5, 0.6) is 0 Å². The smallest absolute Gasteiger partial charge is 0 e. The van der Waals surface area contributed by atoms with Gasteiger partial charge in [0.25, 0.3) is 0 Å². The van der Waals surface area contributed by atoms with Gasteiger partial charge in [0, 0.05) is 21.1 Å². The van der Waals surface area contributed by atoms with Gasteiger partial charge in [0.1, 0.15) is 0 Å². The fourth-order valence-electron chi connectivity index (χ4n) is 0.224. The summed E-state index contributed by atoms with van der Waals surface area (Å²) < 4.78 is 0. The molecule has 0 saturated carbocycles. The van der Waals surface area contributed by atoms with Crippen LogP contribution < -0.4 is 0 Å². The summed E-state index contributed by atoms with van der Waals surface area (Å²) in [4.78, 5) is 0. The molecule has 0 amide bonds. The van der Waals surface area contributed by atoms with E-state index in [1.807, 2.05) is 13.8 Å².